The van der Waals surface area contributed by atoms with Crippen LogP contribution in [0.5, 0.6) is 0 Å². The third-order valence-corrected chi connectivity index (χ3v) is 7.72. The van der Waals surface area contributed by atoms with E-state index in [-0.39, 0.29) is 17.3 Å². The number of thioether (sulfide) groups is 1. The minimum Gasteiger partial charge on any atom is -0.354 e. The summed E-state index contributed by atoms with van der Waals surface area (Å²) in [4.78, 5) is 12.7. The lowest BCUT2D eigenvalue weighted by molar-refractivity contribution is -0.119. The largest absolute Gasteiger partial charge is 0.354 e. The van der Waals surface area contributed by atoms with Gasteiger partial charge in [0.05, 0.1) is 10.6 Å². The molecular weight excluding hydrogens is 464 g/mol. The normalized spacial score (nSPS) is 11.2. The molecule has 168 valence electrons. The molecule has 0 radical (unpaired) electrons. The second-order valence-corrected chi connectivity index (χ2v) is 10.6. The maximum Gasteiger partial charge on any atom is 0.264 e. The zero-order valence-corrected chi connectivity index (χ0v) is 20.1. The Morgan fingerprint density at radius 3 is 2.41 bits per heavy atom. The van der Waals surface area contributed by atoms with Crippen molar-refractivity contribution in [3.63, 3.8) is 0 Å². The molecule has 0 aromatic heterocycles. The second kappa shape index (κ2) is 11.4. The van der Waals surface area contributed by atoms with Gasteiger partial charge >= 0.3 is 0 Å². The molecule has 0 aliphatic rings. The first-order valence-corrected chi connectivity index (χ1v) is 13.1. The van der Waals surface area contributed by atoms with Crippen molar-refractivity contribution in [2.45, 2.75) is 17.6 Å². The number of sulfonamides is 1. The van der Waals surface area contributed by atoms with E-state index in [1.165, 1.54) is 12.1 Å². The van der Waals surface area contributed by atoms with Crippen molar-refractivity contribution < 1.29 is 13.2 Å². The molecule has 1 N–H and O–H groups in total. The van der Waals surface area contributed by atoms with E-state index in [9.17, 15) is 13.2 Å². The predicted octanol–water partition coefficient (Wildman–Crippen LogP) is 4.89. The Labute approximate surface area is 198 Å². The summed E-state index contributed by atoms with van der Waals surface area (Å²) in [6.07, 6.45) is 0. The molecule has 1 amide bonds. The molecule has 0 unspecified atom stereocenters. The Bertz CT molecular complexity index is 1140. The molecule has 3 rings (SSSR count). The quantitative estimate of drug-likeness (QED) is 0.412. The number of nitrogens with zero attached hydrogens (tertiary/aromatic N) is 1. The van der Waals surface area contributed by atoms with Gasteiger partial charge in [-0.3, -0.25) is 9.10 Å². The summed E-state index contributed by atoms with van der Waals surface area (Å²) in [6, 6.07) is 22.9. The summed E-state index contributed by atoms with van der Waals surface area (Å²) in [6.45, 7) is 2.07. The first-order valence-electron chi connectivity index (χ1n) is 10.1. The molecule has 0 saturated carbocycles. The number of benzene rings is 3. The number of halogens is 1. The van der Waals surface area contributed by atoms with Crippen LogP contribution in [0, 0.1) is 6.92 Å². The lowest BCUT2D eigenvalue weighted by Gasteiger charge is -2.24. The molecule has 8 heteroatoms. The van der Waals surface area contributed by atoms with Gasteiger partial charge in [-0.05, 0) is 48.9 Å². The van der Waals surface area contributed by atoms with Crippen LogP contribution >= 0.6 is 23.4 Å². The Morgan fingerprint density at radius 1 is 1.00 bits per heavy atom. The molecule has 5 nitrogen and oxygen atoms in total. The van der Waals surface area contributed by atoms with Gasteiger partial charge in [-0.15, -0.1) is 0 Å². The van der Waals surface area contributed by atoms with Gasteiger partial charge in [0.15, 0.2) is 0 Å². The van der Waals surface area contributed by atoms with E-state index in [0.29, 0.717) is 23.0 Å². The van der Waals surface area contributed by atoms with Crippen LogP contribution in [0.3, 0.4) is 0 Å². The third-order valence-electron chi connectivity index (χ3n) is 4.67. The summed E-state index contributed by atoms with van der Waals surface area (Å²) in [5, 5.41) is 3.52. The summed E-state index contributed by atoms with van der Waals surface area (Å²) >= 11 is 7.67. The molecule has 0 saturated heterocycles. The van der Waals surface area contributed by atoms with E-state index in [4.69, 9.17) is 11.6 Å². The smallest absolute Gasteiger partial charge is 0.264 e. The highest BCUT2D eigenvalue weighted by Gasteiger charge is 2.26. The molecule has 0 aliphatic heterocycles. The van der Waals surface area contributed by atoms with Gasteiger partial charge < -0.3 is 5.32 Å². The van der Waals surface area contributed by atoms with E-state index in [0.717, 1.165) is 21.2 Å². The highest BCUT2D eigenvalue weighted by molar-refractivity contribution is 7.98. The van der Waals surface area contributed by atoms with Gasteiger partial charge in [0.25, 0.3) is 10.0 Å². The minimum atomic E-state index is -3.88. The number of aryl methyl sites for hydroxylation is 1. The van der Waals surface area contributed by atoms with Gasteiger partial charge in [-0.1, -0.05) is 59.6 Å². The highest BCUT2D eigenvalue weighted by atomic mass is 35.5. The molecule has 0 fully saturated rings. The van der Waals surface area contributed by atoms with Gasteiger partial charge in [-0.2, -0.15) is 11.8 Å². The van der Waals surface area contributed by atoms with E-state index < -0.39 is 10.0 Å². The van der Waals surface area contributed by atoms with Gasteiger partial charge in [0.1, 0.15) is 6.54 Å². The van der Waals surface area contributed by atoms with Crippen molar-refractivity contribution in [3.8, 4) is 0 Å². The summed E-state index contributed by atoms with van der Waals surface area (Å²) < 4.78 is 27.6. The molecule has 32 heavy (non-hydrogen) atoms. The zero-order chi connectivity index (χ0) is 23.0. The van der Waals surface area contributed by atoms with E-state index in [1.807, 2.05) is 43.3 Å². The minimum absolute atomic E-state index is 0.144. The van der Waals surface area contributed by atoms with Crippen molar-refractivity contribution in [1.29, 1.82) is 0 Å². The maximum absolute atomic E-state index is 13.2. The molecule has 3 aromatic carbocycles. The number of amides is 1. The fraction of sp³-hybridized carbons (Fsp3) is 0.208. The third kappa shape index (κ3) is 6.76. The van der Waals surface area contributed by atoms with Gasteiger partial charge in [-0.25, -0.2) is 8.42 Å². The Morgan fingerprint density at radius 2 is 1.72 bits per heavy atom. The highest BCUT2D eigenvalue weighted by Crippen LogP contribution is 2.24. The van der Waals surface area contributed by atoms with Gasteiger partial charge in [0.2, 0.25) is 5.91 Å². The van der Waals surface area contributed by atoms with Crippen LogP contribution in [0.4, 0.5) is 5.69 Å². The van der Waals surface area contributed by atoms with Crippen molar-refractivity contribution in [3.05, 3.63) is 95.0 Å². The Balaban J connectivity index is 1.61. The monoisotopic (exact) mass is 488 g/mol. The van der Waals surface area contributed by atoms with Crippen LogP contribution in [-0.2, 0) is 20.6 Å². The van der Waals surface area contributed by atoms with Crippen LogP contribution in [0.1, 0.15) is 11.1 Å². The van der Waals surface area contributed by atoms with Crippen LogP contribution in [0.15, 0.2) is 83.8 Å². The first-order chi connectivity index (χ1) is 15.4. The summed E-state index contributed by atoms with van der Waals surface area (Å²) in [5.41, 5.74) is 2.57. The zero-order valence-electron chi connectivity index (χ0n) is 17.7. The topological polar surface area (TPSA) is 66.5 Å². The molecule has 0 spiro atoms. The van der Waals surface area contributed by atoms with E-state index >= 15 is 0 Å². The van der Waals surface area contributed by atoms with E-state index in [1.54, 1.807) is 42.1 Å². The Hall–Kier alpha value is -2.48. The number of carbonyl (C=O) groups is 1. The van der Waals surface area contributed by atoms with Crippen LogP contribution < -0.4 is 9.62 Å². The average Bonchev–Trinajstić information content (AvgIpc) is 2.78. The molecule has 0 heterocycles. The van der Waals surface area contributed by atoms with E-state index in [2.05, 4.69) is 5.32 Å². The van der Waals surface area contributed by atoms with Gasteiger partial charge in [0, 0.05) is 23.1 Å². The summed E-state index contributed by atoms with van der Waals surface area (Å²) in [5.74, 6) is 1.14. The second-order valence-electron chi connectivity index (χ2n) is 7.19. The molecule has 0 bridgehead atoms. The van der Waals surface area contributed by atoms with Crippen molar-refractivity contribution in [2.24, 2.45) is 0 Å². The Kier molecular flexibility index (Phi) is 8.61. The lowest BCUT2D eigenvalue weighted by Crippen LogP contribution is -2.41. The standard InChI is InChI=1S/C24H25ClN2O3S2/c1-19-10-12-22(13-11-19)27(32(29,30)23-8-3-2-4-9-23)17-24(28)26-14-15-31-18-20-6-5-7-21(25)16-20/h2-13,16H,14-15,17-18H2,1H3,(H,26,28). The number of anilines is 1. The summed E-state index contributed by atoms with van der Waals surface area (Å²) in [7, 11) is -3.88. The molecular formula is C24H25ClN2O3S2. The van der Waals surface area contributed by atoms with Crippen LogP contribution in [-0.4, -0.2) is 33.2 Å². The fourth-order valence-corrected chi connectivity index (χ4v) is 5.47. The van der Waals surface area contributed by atoms with Crippen molar-refractivity contribution in [2.75, 3.05) is 23.1 Å². The van der Waals surface area contributed by atoms with Crippen molar-refractivity contribution in [1.82, 2.24) is 5.32 Å². The average molecular weight is 489 g/mol. The first kappa shape index (κ1) is 24.2. The predicted molar refractivity (Wildman–Crippen MR) is 133 cm³/mol. The number of hydrogen-bond donors (Lipinski definition) is 1. The number of nitrogens with one attached hydrogen (secondary N) is 1. The number of rotatable bonds is 10. The SMILES string of the molecule is Cc1ccc(N(CC(=O)NCCSCc2cccc(Cl)c2)S(=O)(=O)c2ccccc2)cc1. The van der Waals surface area contributed by atoms with Crippen LogP contribution in [0.25, 0.3) is 0 Å². The van der Waals surface area contributed by atoms with Crippen LogP contribution in [0.2, 0.25) is 5.02 Å². The number of hydrogen-bond acceptors (Lipinski definition) is 4. The lowest BCUT2D eigenvalue weighted by atomic mass is 10.2. The number of carbonyl (C=O) groups excluding carboxylic acids is 1. The molecule has 3 aromatic rings. The fourth-order valence-electron chi connectivity index (χ4n) is 3.01. The van der Waals surface area contributed by atoms with Crippen molar-refractivity contribution >= 4 is 45.0 Å². The maximum atomic E-state index is 13.2. The molecule has 0 atom stereocenters. The molecule has 0 aliphatic carbocycles.